The Morgan fingerprint density at radius 3 is 2.19 bits per heavy atom. The summed E-state index contributed by atoms with van der Waals surface area (Å²) in [5.74, 6) is 0.711. The second-order valence-electron chi connectivity index (χ2n) is 8.58. The van der Waals surface area contributed by atoms with E-state index in [1.807, 2.05) is 0 Å². The topological polar surface area (TPSA) is 93.7 Å². The molecule has 0 aromatic carbocycles. The minimum atomic E-state index is -3.31. The van der Waals surface area contributed by atoms with Crippen LogP contribution in [0.15, 0.2) is 0 Å². The number of ether oxygens (including phenoxy) is 1. The molecule has 3 rings (SSSR count). The van der Waals surface area contributed by atoms with Gasteiger partial charge in [-0.15, -0.1) is 0 Å². The van der Waals surface area contributed by atoms with Gasteiger partial charge in [0.1, 0.15) is 0 Å². The van der Waals surface area contributed by atoms with Gasteiger partial charge in [-0.05, 0) is 71.1 Å². The molecule has 8 heteroatoms. The number of carbonyl (C=O) groups excluding carboxylic acids is 1. The van der Waals surface area contributed by atoms with Gasteiger partial charge in [-0.1, -0.05) is 0 Å². The van der Waals surface area contributed by atoms with Crippen LogP contribution in [0.4, 0.5) is 0 Å². The monoisotopic (exact) mass is 402 g/mol. The second kappa shape index (κ2) is 8.76. The Morgan fingerprint density at radius 2 is 1.67 bits per heavy atom. The quantitative estimate of drug-likeness (QED) is 0.684. The van der Waals surface area contributed by atoms with Crippen molar-refractivity contribution in [1.29, 1.82) is 0 Å². The molecule has 0 spiro atoms. The summed E-state index contributed by atoms with van der Waals surface area (Å²) in [6, 6.07) is 0.266. The normalized spacial score (nSPS) is 40.6. The van der Waals surface area contributed by atoms with Gasteiger partial charge in [-0.2, -0.15) is 5.48 Å². The van der Waals surface area contributed by atoms with Gasteiger partial charge in [-0.3, -0.25) is 9.63 Å². The van der Waals surface area contributed by atoms with E-state index in [0.29, 0.717) is 56.4 Å². The molecule has 2 aliphatic carbocycles. The van der Waals surface area contributed by atoms with Crippen LogP contribution < -0.4 is 10.2 Å². The number of rotatable bonds is 5. The van der Waals surface area contributed by atoms with Gasteiger partial charge in [0.15, 0.2) is 0 Å². The molecular formula is C19H34N2O5S. The number of hydroxylamine groups is 1. The predicted octanol–water partition coefficient (Wildman–Crippen LogP) is 2.12. The molecule has 0 bridgehead atoms. The van der Waals surface area contributed by atoms with E-state index in [-0.39, 0.29) is 29.3 Å². The number of carbonyl (C=O) groups is 1. The van der Waals surface area contributed by atoms with E-state index < -0.39 is 10.0 Å². The first kappa shape index (κ1) is 21.0. The van der Waals surface area contributed by atoms with Crippen LogP contribution in [0.5, 0.6) is 0 Å². The molecule has 3 atom stereocenters. The Kier molecular flexibility index (Phi) is 6.82. The van der Waals surface area contributed by atoms with E-state index in [1.165, 1.54) is 7.11 Å². The molecule has 156 valence electrons. The van der Waals surface area contributed by atoms with Crippen molar-refractivity contribution in [3.05, 3.63) is 0 Å². The van der Waals surface area contributed by atoms with Gasteiger partial charge in [-0.25, -0.2) is 13.1 Å². The van der Waals surface area contributed by atoms with Crippen molar-refractivity contribution in [2.75, 3.05) is 7.11 Å². The molecule has 3 unspecified atom stereocenters. The number of sulfonamides is 1. The van der Waals surface area contributed by atoms with Gasteiger partial charge in [0, 0.05) is 18.0 Å². The van der Waals surface area contributed by atoms with Crippen LogP contribution in [0.3, 0.4) is 0 Å². The van der Waals surface area contributed by atoms with Crippen molar-refractivity contribution < 1.29 is 22.8 Å². The minimum Gasteiger partial charge on any atom is -0.469 e. The zero-order valence-electron chi connectivity index (χ0n) is 16.6. The molecule has 0 aromatic rings. The maximum absolute atomic E-state index is 12.8. The highest BCUT2D eigenvalue weighted by atomic mass is 32.2. The van der Waals surface area contributed by atoms with Crippen LogP contribution >= 0.6 is 0 Å². The molecule has 27 heavy (non-hydrogen) atoms. The van der Waals surface area contributed by atoms with Crippen LogP contribution in [0.1, 0.15) is 65.2 Å². The first-order valence-electron chi connectivity index (χ1n) is 10.3. The van der Waals surface area contributed by atoms with Gasteiger partial charge >= 0.3 is 5.97 Å². The fourth-order valence-corrected chi connectivity index (χ4v) is 7.08. The summed E-state index contributed by atoms with van der Waals surface area (Å²) in [5.41, 5.74) is 3.06. The van der Waals surface area contributed by atoms with E-state index >= 15 is 0 Å². The molecular weight excluding hydrogens is 368 g/mol. The Morgan fingerprint density at radius 1 is 1.04 bits per heavy atom. The third-order valence-corrected chi connectivity index (χ3v) is 8.86. The van der Waals surface area contributed by atoms with Crippen molar-refractivity contribution in [3.63, 3.8) is 0 Å². The third-order valence-electron chi connectivity index (χ3n) is 6.85. The Bertz CT molecular complexity index is 600. The van der Waals surface area contributed by atoms with E-state index in [0.717, 1.165) is 12.8 Å². The first-order chi connectivity index (χ1) is 12.8. The van der Waals surface area contributed by atoms with E-state index in [4.69, 9.17) is 9.57 Å². The number of hydrogen-bond donors (Lipinski definition) is 2. The molecule has 3 fully saturated rings. The lowest BCUT2D eigenvalue weighted by atomic mass is 9.75. The lowest BCUT2D eigenvalue weighted by Gasteiger charge is -2.35. The summed E-state index contributed by atoms with van der Waals surface area (Å²) in [6.45, 7) is 4.24. The molecule has 0 amide bonds. The van der Waals surface area contributed by atoms with Crippen molar-refractivity contribution in [1.82, 2.24) is 10.2 Å². The smallest absolute Gasteiger partial charge is 0.308 e. The Labute approximate surface area is 162 Å². The number of nitrogens with one attached hydrogen (secondary N) is 2. The standard InChI is InChI=1S/C19H34N2O5S/c1-12-18(13(2)26-20-12)14-6-10-17(11-7-14)27(23,24)21-16-8-4-15(5-9-16)19(22)25-3/h12-18,20-21H,4-11H2,1-3H3. The molecule has 2 N–H and O–H groups in total. The summed E-state index contributed by atoms with van der Waals surface area (Å²) in [6.07, 6.45) is 6.27. The molecule has 1 heterocycles. The van der Waals surface area contributed by atoms with E-state index in [2.05, 4.69) is 24.0 Å². The molecule has 7 nitrogen and oxygen atoms in total. The van der Waals surface area contributed by atoms with Crippen LogP contribution in [-0.2, 0) is 24.4 Å². The zero-order chi connectivity index (χ0) is 19.6. The summed E-state index contributed by atoms with van der Waals surface area (Å²) in [5, 5.41) is -0.298. The van der Waals surface area contributed by atoms with Gasteiger partial charge in [0.05, 0.1) is 24.4 Å². The van der Waals surface area contributed by atoms with Crippen LogP contribution in [0, 0.1) is 17.8 Å². The third kappa shape index (κ3) is 4.83. The highest BCUT2D eigenvalue weighted by Gasteiger charge is 2.41. The fraction of sp³-hybridized carbons (Fsp3) is 0.947. The maximum Gasteiger partial charge on any atom is 0.308 e. The van der Waals surface area contributed by atoms with Gasteiger partial charge in [0.2, 0.25) is 10.0 Å². The molecule has 1 aliphatic heterocycles. The predicted molar refractivity (Wildman–Crippen MR) is 102 cm³/mol. The van der Waals surface area contributed by atoms with Crippen LogP contribution in [0.2, 0.25) is 0 Å². The number of esters is 1. The van der Waals surface area contributed by atoms with Gasteiger partial charge < -0.3 is 4.74 Å². The fourth-order valence-electron chi connectivity index (χ4n) is 5.30. The first-order valence-corrected chi connectivity index (χ1v) is 11.9. The van der Waals surface area contributed by atoms with Crippen LogP contribution in [0.25, 0.3) is 0 Å². The van der Waals surface area contributed by atoms with E-state index in [9.17, 15) is 13.2 Å². The summed E-state index contributed by atoms with van der Waals surface area (Å²) >= 11 is 0. The lowest BCUT2D eigenvalue weighted by Crippen LogP contribution is -2.45. The molecule has 1 saturated heterocycles. The van der Waals surface area contributed by atoms with Crippen molar-refractivity contribution in [3.8, 4) is 0 Å². The summed E-state index contributed by atoms with van der Waals surface area (Å²) in [7, 11) is -1.91. The summed E-state index contributed by atoms with van der Waals surface area (Å²) < 4.78 is 33.4. The van der Waals surface area contributed by atoms with Crippen molar-refractivity contribution >= 4 is 16.0 Å². The average Bonchev–Trinajstić information content (AvgIpc) is 3.00. The SMILES string of the molecule is COC(=O)C1CCC(NS(=O)(=O)C2CCC(C3C(C)NOC3C)CC2)CC1. The van der Waals surface area contributed by atoms with Crippen LogP contribution in [-0.4, -0.2) is 44.9 Å². The molecule has 2 saturated carbocycles. The highest BCUT2D eigenvalue weighted by Crippen LogP contribution is 2.38. The Hall–Kier alpha value is -0.700. The number of methoxy groups -OCH3 is 1. The largest absolute Gasteiger partial charge is 0.469 e. The van der Waals surface area contributed by atoms with E-state index in [1.54, 1.807) is 0 Å². The second-order valence-corrected chi connectivity index (χ2v) is 10.6. The molecule has 0 radical (unpaired) electrons. The maximum atomic E-state index is 12.8. The van der Waals surface area contributed by atoms with Crippen molar-refractivity contribution in [2.45, 2.75) is 88.7 Å². The lowest BCUT2D eigenvalue weighted by molar-refractivity contribution is -0.146. The zero-order valence-corrected chi connectivity index (χ0v) is 17.5. The minimum absolute atomic E-state index is 0.0545. The van der Waals surface area contributed by atoms with Gasteiger partial charge in [0.25, 0.3) is 0 Å². The Balaban J connectivity index is 1.48. The highest BCUT2D eigenvalue weighted by molar-refractivity contribution is 7.90. The number of hydrogen-bond acceptors (Lipinski definition) is 6. The molecule has 3 aliphatic rings. The molecule has 0 aromatic heterocycles. The van der Waals surface area contributed by atoms with Crippen molar-refractivity contribution in [2.24, 2.45) is 17.8 Å². The average molecular weight is 403 g/mol. The summed E-state index contributed by atoms with van der Waals surface area (Å²) in [4.78, 5) is 17.2.